The number of anilines is 1. The Hall–Kier alpha value is -4.74. The van der Waals surface area contributed by atoms with Crippen molar-refractivity contribution >= 4 is 22.9 Å². The molecule has 3 aromatic carbocycles. The number of imidazole rings is 1. The van der Waals surface area contributed by atoms with Crippen molar-refractivity contribution in [3.8, 4) is 0 Å². The van der Waals surface area contributed by atoms with Gasteiger partial charge in [-0.2, -0.15) is 0 Å². The van der Waals surface area contributed by atoms with Crippen molar-refractivity contribution in [1.29, 1.82) is 0 Å². The van der Waals surface area contributed by atoms with Gasteiger partial charge in [0.2, 0.25) is 0 Å². The van der Waals surface area contributed by atoms with Crippen LogP contribution in [-0.4, -0.2) is 54.9 Å². The zero-order valence-corrected chi connectivity index (χ0v) is 24.0. The van der Waals surface area contributed by atoms with E-state index in [1.165, 1.54) is 12.7 Å². The van der Waals surface area contributed by atoms with Crippen LogP contribution in [0.3, 0.4) is 0 Å². The zero-order valence-electron chi connectivity index (χ0n) is 24.0. The average molecular weight is 592 g/mol. The Morgan fingerprint density at radius 2 is 1.61 bits per heavy atom. The highest BCUT2D eigenvalue weighted by atomic mass is 16.6. The summed E-state index contributed by atoms with van der Waals surface area (Å²) in [7, 11) is 0. The molecule has 0 unspecified atom stereocenters. The summed E-state index contributed by atoms with van der Waals surface area (Å²) in [5.74, 6) is -0.0808. The van der Waals surface area contributed by atoms with Crippen LogP contribution in [0.2, 0.25) is 0 Å². The summed E-state index contributed by atoms with van der Waals surface area (Å²) in [5.41, 5.74) is 2.13. The molecule has 4 atom stereocenters. The highest BCUT2D eigenvalue weighted by Gasteiger charge is 2.56. The van der Waals surface area contributed by atoms with E-state index in [1.54, 1.807) is 34.9 Å². The van der Waals surface area contributed by atoms with Crippen LogP contribution in [0.15, 0.2) is 116 Å². The van der Waals surface area contributed by atoms with E-state index in [2.05, 4.69) is 26.8 Å². The largest absolute Gasteiger partial charge is 0.386 e. The normalized spacial score (nSPS) is 21.3. The van der Waals surface area contributed by atoms with E-state index >= 15 is 0 Å². The summed E-state index contributed by atoms with van der Waals surface area (Å²) in [6.45, 7) is 4.73. The van der Waals surface area contributed by atoms with Gasteiger partial charge in [-0.05, 0) is 29.7 Å². The molecule has 0 radical (unpaired) electrons. The standard InChI is InChI=1S/C34H33N5O5/c1-2-18-34(21-42-19-24-12-6-3-7-13-24)29(43-20-25-14-8-4-9-15-25)28(40)33(44-34)39-23-37-27-30(35-22-36-31(27)39)38-32(41)26-16-10-5-11-17-26/h2-17,22-23,28-29,33,40H,1,18-21H2,(H,35,36,38,41)/t28-,29+,33-,34-/m1/s1. The number of fused-ring (bicyclic) bond motifs is 1. The van der Waals surface area contributed by atoms with Crippen LogP contribution < -0.4 is 5.32 Å². The topological polar surface area (TPSA) is 121 Å². The number of hydrogen-bond acceptors (Lipinski definition) is 8. The second-order valence-corrected chi connectivity index (χ2v) is 10.6. The Kier molecular flexibility index (Phi) is 8.85. The number of rotatable bonds is 12. The number of nitrogens with one attached hydrogen (secondary N) is 1. The van der Waals surface area contributed by atoms with Crippen molar-refractivity contribution < 1.29 is 24.1 Å². The first-order chi connectivity index (χ1) is 21.6. The number of benzene rings is 3. The van der Waals surface area contributed by atoms with E-state index in [0.29, 0.717) is 29.8 Å². The monoisotopic (exact) mass is 591 g/mol. The molecule has 1 aliphatic heterocycles. The van der Waals surface area contributed by atoms with Crippen LogP contribution in [0, 0.1) is 0 Å². The molecule has 3 heterocycles. The summed E-state index contributed by atoms with van der Waals surface area (Å²) < 4.78 is 20.9. The Bertz CT molecular complexity index is 1700. The van der Waals surface area contributed by atoms with Gasteiger partial charge in [-0.1, -0.05) is 84.9 Å². The number of aliphatic hydroxyl groups is 1. The Balaban J connectivity index is 1.30. The van der Waals surface area contributed by atoms with Crippen LogP contribution in [0.1, 0.15) is 34.1 Å². The van der Waals surface area contributed by atoms with Gasteiger partial charge in [-0.25, -0.2) is 15.0 Å². The molecule has 2 N–H and O–H groups in total. The van der Waals surface area contributed by atoms with Crippen molar-refractivity contribution in [2.75, 3.05) is 11.9 Å². The molecule has 0 spiro atoms. The Morgan fingerprint density at radius 3 is 2.30 bits per heavy atom. The summed E-state index contributed by atoms with van der Waals surface area (Å²) in [6.07, 6.45) is 2.14. The van der Waals surface area contributed by atoms with E-state index in [9.17, 15) is 9.90 Å². The zero-order chi connectivity index (χ0) is 30.4. The average Bonchev–Trinajstić information content (AvgIpc) is 3.61. The van der Waals surface area contributed by atoms with Gasteiger partial charge in [0, 0.05) is 5.56 Å². The molecule has 1 amide bonds. The number of aliphatic hydroxyl groups excluding tert-OH is 1. The quantitative estimate of drug-likeness (QED) is 0.193. The van der Waals surface area contributed by atoms with Gasteiger partial charge in [0.1, 0.15) is 24.1 Å². The second kappa shape index (κ2) is 13.3. The molecule has 44 heavy (non-hydrogen) atoms. The number of carbonyl (C=O) groups is 1. The van der Waals surface area contributed by atoms with E-state index in [-0.39, 0.29) is 24.9 Å². The first-order valence-electron chi connectivity index (χ1n) is 14.4. The maximum atomic E-state index is 12.9. The van der Waals surface area contributed by atoms with Gasteiger partial charge < -0.3 is 24.6 Å². The minimum absolute atomic E-state index is 0.140. The third kappa shape index (κ3) is 6.15. The summed E-state index contributed by atoms with van der Waals surface area (Å²) in [6, 6.07) is 28.4. The third-order valence-electron chi connectivity index (χ3n) is 7.60. The number of carbonyl (C=O) groups excluding carboxylic acids is 1. The lowest BCUT2D eigenvalue weighted by molar-refractivity contribution is -0.154. The molecular formula is C34H33N5O5. The molecule has 6 rings (SSSR count). The molecule has 10 heteroatoms. The van der Waals surface area contributed by atoms with Crippen LogP contribution in [0.4, 0.5) is 5.82 Å². The number of hydrogen-bond donors (Lipinski definition) is 2. The first-order valence-corrected chi connectivity index (χ1v) is 14.4. The minimum atomic E-state index is -1.12. The highest BCUT2D eigenvalue weighted by Crippen LogP contribution is 2.43. The van der Waals surface area contributed by atoms with Crippen LogP contribution in [0.5, 0.6) is 0 Å². The highest BCUT2D eigenvalue weighted by molar-refractivity contribution is 6.06. The summed E-state index contributed by atoms with van der Waals surface area (Å²) >= 11 is 0. The van der Waals surface area contributed by atoms with Crippen LogP contribution in [0.25, 0.3) is 11.2 Å². The number of ether oxygens (including phenoxy) is 3. The molecule has 1 aliphatic rings. The van der Waals surface area contributed by atoms with Crippen molar-refractivity contribution in [2.45, 2.75) is 43.7 Å². The van der Waals surface area contributed by atoms with Gasteiger partial charge in [-0.3, -0.25) is 9.36 Å². The maximum absolute atomic E-state index is 12.9. The lowest BCUT2D eigenvalue weighted by atomic mass is 9.92. The molecule has 2 aromatic heterocycles. The fraction of sp³-hybridized carbons (Fsp3) is 0.235. The van der Waals surface area contributed by atoms with Gasteiger partial charge in [0.25, 0.3) is 5.91 Å². The van der Waals surface area contributed by atoms with E-state index in [1.807, 2.05) is 66.7 Å². The van der Waals surface area contributed by atoms with Gasteiger partial charge in [0.15, 0.2) is 23.2 Å². The van der Waals surface area contributed by atoms with E-state index < -0.39 is 24.0 Å². The lowest BCUT2D eigenvalue weighted by Gasteiger charge is -2.33. The summed E-state index contributed by atoms with van der Waals surface area (Å²) in [5, 5.41) is 14.6. The van der Waals surface area contributed by atoms with Crippen molar-refractivity contribution in [2.24, 2.45) is 0 Å². The van der Waals surface area contributed by atoms with E-state index in [4.69, 9.17) is 14.2 Å². The fourth-order valence-electron chi connectivity index (χ4n) is 5.47. The third-order valence-corrected chi connectivity index (χ3v) is 7.60. The molecule has 1 saturated heterocycles. The number of nitrogens with zero attached hydrogens (tertiary/aromatic N) is 4. The van der Waals surface area contributed by atoms with Crippen molar-refractivity contribution in [3.63, 3.8) is 0 Å². The second-order valence-electron chi connectivity index (χ2n) is 10.6. The Labute approximate surface area is 255 Å². The SMILES string of the molecule is C=CC[C@]1(COCc2ccccc2)O[C@@H](n2cnc3c(NC(=O)c4ccccc4)ncnc32)[C@H](O)[C@@H]1OCc1ccccc1. The number of aromatic nitrogens is 4. The smallest absolute Gasteiger partial charge is 0.256 e. The molecule has 0 aliphatic carbocycles. The predicted molar refractivity (Wildman–Crippen MR) is 165 cm³/mol. The minimum Gasteiger partial charge on any atom is -0.386 e. The van der Waals surface area contributed by atoms with Crippen LogP contribution in [-0.2, 0) is 27.4 Å². The molecular weight excluding hydrogens is 558 g/mol. The Morgan fingerprint density at radius 1 is 0.955 bits per heavy atom. The molecule has 5 aromatic rings. The number of amides is 1. The van der Waals surface area contributed by atoms with E-state index in [0.717, 1.165) is 11.1 Å². The van der Waals surface area contributed by atoms with Crippen molar-refractivity contribution in [1.82, 2.24) is 19.5 Å². The molecule has 224 valence electrons. The van der Waals surface area contributed by atoms with Gasteiger partial charge >= 0.3 is 0 Å². The molecule has 0 bridgehead atoms. The van der Waals surface area contributed by atoms with Gasteiger partial charge in [-0.15, -0.1) is 6.58 Å². The van der Waals surface area contributed by atoms with Crippen molar-refractivity contribution in [3.05, 3.63) is 133 Å². The molecule has 10 nitrogen and oxygen atoms in total. The lowest BCUT2D eigenvalue weighted by Crippen LogP contribution is -2.48. The molecule has 0 saturated carbocycles. The van der Waals surface area contributed by atoms with Crippen LogP contribution >= 0.6 is 0 Å². The summed E-state index contributed by atoms with van der Waals surface area (Å²) in [4.78, 5) is 26.0. The van der Waals surface area contributed by atoms with Gasteiger partial charge in [0.05, 0.1) is 26.1 Å². The fourth-order valence-corrected chi connectivity index (χ4v) is 5.47. The molecule has 1 fully saturated rings. The first kappa shape index (κ1) is 29.3. The maximum Gasteiger partial charge on any atom is 0.256 e. The predicted octanol–water partition coefficient (Wildman–Crippen LogP) is 5.09.